The van der Waals surface area contributed by atoms with Crippen LogP contribution in [-0.2, 0) is 16.1 Å². The van der Waals surface area contributed by atoms with Gasteiger partial charge in [0, 0.05) is 36.4 Å². The number of pyridine rings is 1. The largest absolute Gasteiger partial charge is 0.490 e. The molecule has 0 fully saturated rings. The number of ether oxygens (including phenoxy) is 2. The number of hydrogen-bond acceptors (Lipinski definition) is 7. The molecule has 0 radical (unpaired) electrons. The van der Waals surface area contributed by atoms with Crippen LogP contribution in [0.4, 0.5) is 17.2 Å². The summed E-state index contributed by atoms with van der Waals surface area (Å²) in [7, 11) is 0. The summed E-state index contributed by atoms with van der Waals surface area (Å²) in [4.78, 5) is 29.3. The summed E-state index contributed by atoms with van der Waals surface area (Å²) in [6.07, 6.45) is 1.62. The molecule has 9 heteroatoms. The minimum Gasteiger partial charge on any atom is -0.490 e. The number of benzene rings is 3. The third-order valence-electron chi connectivity index (χ3n) is 6.05. The van der Waals surface area contributed by atoms with Gasteiger partial charge in [0.15, 0.2) is 11.5 Å². The molecule has 0 unspecified atom stereocenters. The molecular weight excluding hydrogens is 506 g/mol. The van der Waals surface area contributed by atoms with E-state index >= 15 is 0 Å². The highest BCUT2D eigenvalue weighted by molar-refractivity contribution is 5.94. The van der Waals surface area contributed by atoms with Crippen LogP contribution in [0.5, 0.6) is 11.5 Å². The second kappa shape index (κ2) is 12.8. The van der Waals surface area contributed by atoms with Crippen LogP contribution in [0.15, 0.2) is 72.9 Å². The van der Waals surface area contributed by atoms with Gasteiger partial charge in [0.2, 0.25) is 11.8 Å². The van der Waals surface area contributed by atoms with E-state index in [1.165, 1.54) is 6.92 Å². The van der Waals surface area contributed by atoms with Gasteiger partial charge >= 0.3 is 0 Å². The fourth-order valence-electron chi connectivity index (χ4n) is 4.34. The second-order valence-corrected chi connectivity index (χ2v) is 9.61. The lowest BCUT2D eigenvalue weighted by Crippen LogP contribution is -2.33. The predicted molar refractivity (Wildman–Crippen MR) is 158 cm³/mol. The average molecular weight is 542 g/mol. The number of aromatic nitrogens is 1. The number of hydrogen-bond donors (Lipinski definition) is 4. The lowest BCUT2D eigenvalue weighted by molar-refractivity contribution is -0.122. The predicted octanol–water partition coefficient (Wildman–Crippen LogP) is 5.43. The van der Waals surface area contributed by atoms with Gasteiger partial charge in [-0.2, -0.15) is 0 Å². The molecule has 1 heterocycles. The van der Waals surface area contributed by atoms with Gasteiger partial charge in [0.25, 0.3) is 0 Å². The van der Waals surface area contributed by atoms with E-state index in [-0.39, 0.29) is 24.5 Å². The molecule has 40 heavy (non-hydrogen) atoms. The molecule has 4 aromatic rings. The number of carbonyl (C=O) groups excluding carboxylic acids is 2. The van der Waals surface area contributed by atoms with Crippen molar-refractivity contribution in [1.29, 1.82) is 0 Å². The zero-order valence-electron chi connectivity index (χ0n) is 23.2. The number of nitrogens with one attached hydrogen (secondary N) is 3. The lowest BCUT2D eigenvalue weighted by atomic mass is 10.0. The van der Waals surface area contributed by atoms with Crippen molar-refractivity contribution in [3.8, 4) is 11.5 Å². The Labute approximate surface area is 234 Å². The first-order chi connectivity index (χ1) is 19.2. The molecule has 1 aromatic heterocycles. The maximum Gasteiger partial charge on any atom is 0.247 e. The quantitative estimate of drug-likeness (QED) is 0.199. The van der Waals surface area contributed by atoms with Gasteiger partial charge in [0.05, 0.1) is 12.7 Å². The molecule has 0 aliphatic carbocycles. The zero-order valence-corrected chi connectivity index (χ0v) is 23.2. The van der Waals surface area contributed by atoms with E-state index in [1.54, 1.807) is 12.3 Å². The Hall–Kier alpha value is -4.79. The van der Waals surface area contributed by atoms with E-state index in [0.29, 0.717) is 35.2 Å². The molecule has 0 saturated carbocycles. The van der Waals surface area contributed by atoms with Gasteiger partial charge in [0.1, 0.15) is 11.9 Å². The van der Waals surface area contributed by atoms with Crippen LogP contribution in [0.25, 0.3) is 10.8 Å². The first-order valence-electron chi connectivity index (χ1n) is 13.2. The topological polar surface area (TPSA) is 128 Å². The number of nitrogen functional groups attached to an aromatic ring is 1. The van der Waals surface area contributed by atoms with Crippen molar-refractivity contribution < 1.29 is 19.1 Å². The number of fused-ring (bicyclic) bond motifs is 1. The molecule has 0 aliphatic heterocycles. The number of anilines is 3. The minimum absolute atomic E-state index is 0.0324. The SMILES string of the molecule is CCOc1cc([C@@H](Nc2ccc3c(N)nccc3c2)C(=O)NCc2cccc(NC(C)=O)c2)ccc1OC(C)C. The third kappa shape index (κ3) is 7.19. The highest BCUT2D eigenvalue weighted by Crippen LogP contribution is 2.33. The van der Waals surface area contributed by atoms with Crippen LogP contribution in [0.2, 0.25) is 0 Å². The Morgan fingerprint density at radius 3 is 2.55 bits per heavy atom. The highest BCUT2D eigenvalue weighted by Gasteiger charge is 2.23. The minimum atomic E-state index is -0.748. The van der Waals surface area contributed by atoms with Crippen LogP contribution in [0.3, 0.4) is 0 Å². The van der Waals surface area contributed by atoms with Crippen LogP contribution in [-0.4, -0.2) is 29.5 Å². The van der Waals surface area contributed by atoms with Gasteiger partial charge < -0.3 is 31.2 Å². The van der Waals surface area contributed by atoms with Gasteiger partial charge in [-0.25, -0.2) is 4.98 Å². The van der Waals surface area contributed by atoms with Gasteiger partial charge in [-0.3, -0.25) is 9.59 Å². The molecule has 0 bridgehead atoms. The molecule has 1 atom stereocenters. The highest BCUT2D eigenvalue weighted by atomic mass is 16.5. The third-order valence-corrected chi connectivity index (χ3v) is 6.05. The summed E-state index contributed by atoms with van der Waals surface area (Å²) in [5.41, 5.74) is 8.99. The molecular formula is C31H35N5O4. The Morgan fingerprint density at radius 2 is 1.80 bits per heavy atom. The van der Waals surface area contributed by atoms with Gasteiger partial charge in [-0.05, 0) is 85.8 Å². The standard InChI is InChI=1S/C31H35N5O4/c1-5-39-28-17-23(9-12-27(28)40-19(2)3)29(36-25-10-11-26-22(16-25)13-14-33-30(26)32)31(38)34-18-21-7-6-8-24(15-21)35-20(4)37/h6-17,19,29,36H,5,18H2,1-4H3,(H2,32,33)(H,34,38)(H,35,37)/t29-/m1/s1. The van der Waals surface area contributed by atoms with E-state index < -0.39 is 6.04 Å². The molecule has 5 N–H and O–H groups in total. The number of nitrogens with two attached hydrogens (primary N) is 1. The zero-order chi connectivity index (χ0) is 28.6. The van der Waals surface area contributed by atoms with Crippen molar-refractivity contribution in [2.75, 3.05) is 23.0 Å². The molecule has 208 valence electrons. The summed E-state index contributed by atoms with van der Waals surface area (Å²) in [6.45, 7) is 7.98. The van der Waals surface area contributed by atoms with E-state index in [4.69, 9.17) is 15.2 Å². The fraction of sp³-hybridized carbons (Fsp3) is 0.258. The summed E-state index contributed by atoms with van der Waals surface area (Å²) in [5.74, 6) is 1.23. The maximum atomic E-state index is 13.7. The van der Waals surface area contributed by atoms with E-state index in [1.807, 2.05) is 81.4 Å². The molecule has 2 amide bonds. The number of rotatable bonds is 11. The van der Waals surface area contributed by atoms with Crippen molar-refractivity contribution in [2.24, 2.45) is 0 Å². The Morgan fingerprint density at radius 1 is 0.975 bits per heavy atom. The summed E-state index contributed by atoms with van der Waals surface area (Å²) < 4.78 is 11.8. The summed E-state index contributed by atoms with van der Waals surface area (Å²) >= 11 is 0. The summed E-state index contributed by atoms with van der Waals surface area (Å²) in [5, 5.41) is 10.9. The maximum absolute atomic E-state index is 13.7. The molecule has 0 aliphatic rings. The van der Waals surface area contributed by atoms with Crippen molar-refractivity contribution in [3.05, 3.63) is 84.1 Å². The Kier molecular flexibility index (Phi) is 9.06. The summed E-state index contributed by atoms with van der Waals surface area (Å²) in [6, 6.07) is 19.7. The number of carbonyl (C=O) groups is 2. The average Bonchev–Trinajstić information content (AvgIpc) is 2.91. The molecule has 4 rings (SSSR count). The number of amides is 2. The van der Waals surface area contributed by atoms with Gasteiger partial charge in [-0.15, -0.1) is 0 Å². The normalized spacial score (nSPS) is 11.6. The van der Waals surface area contributed by atoms with Crippen molar-refractivity contribution in [1.82, 2.24) is 10.3 Å². The monoisotopic (exact) mass is 541 g/mol. The molecule has 0 saturated heterocycles. The molecule has 3 aromatic carbocycles. The van der Waals surface area contributed by atoms with E-state index in [9.17, 15) is 9.59 Å². The smallest absolute Gasteiger partial charge is 0.247 e. The van der Waals surface area contributed by atoms with Crippen LogP contribution in [0.1, 0.15) is 44.9 Å². The first-order valence-corrected chi connectivity index (χ1v) is 13.2. The van der Waals surface area contributed by atoms with Gasteiger partial charge in [-0.1, -0.05) is 18.2 Å². The van der Waals surface area contributed by atoms with Crippen LogP contribution >= 0.6 is 0 Å². The number of nitrogens with zero attached hydrogens (tertiary/aromatic N) is 1. The Balaban J connectivity index is 1.64. The second-order valence-electron chi connectivity index (χ2n) is 9.61. The van der Waals surface area contributed by atoms with E-state index in [2.05, 4.69) is 20.9 Å². The van der Waals surface area contributed by atoms with Crippen molar-refractivity contribution in [2.45, 2.75) is 46.4 Å². The first kappa shape index (κ1) is 28.2. The van der Waals surface area contributed by atoms with E-state index in [0.717, 1.165) is 22.0 Å². The van der Waals surface area contributed by atoms with Crippen LogP contribution in [0, 0.1) is 0 Å². The van der Waals surface area contributed by atoms with Crippen molar-refractivity contribution in [3.63, 3.8) is 0 Å². The molecule has 9 nitrogen and oxygen atoms in total. The molecule has 0 spiro atoms. The lowest BCUT2D eigenvalue weighted by Gasteiger charge is -2.22. The van der Waals surface area contributed by atoms with Crippen LogP contribution < -0.4 is 31.2 Å². The fourth-order valence-corrected chi connectivity index (χ4v) is 4.34. The van der Waals surface area contributed by atoms with Crippen molar-refractivity contribution >= 4 is 39.8 Å². The Bertz CT molecular complexity index is 1500.